The smallest absolute Gasteiger partial charge is 0.255 e. The van der Waals surface area contributed by atoms with E-state index in [1.807, 2.05) is 29.2 Å². The largest absolute Gasteiger partial charge is 0.459 e. The van der Waals surface area contributed by atoms with Crippen molar-refractivity contribution in [2.75, 3.05) is 19.6 Å². The van der Waals surface area contributed by atoms with E-state index in [2.05, 4.69) is 28.9 Å². The first-order valence-corrected chi connectivity index (χ1v) is 10.1. The van der Waals surface area contributed by atoms with Crippen molar-refractivity contribution in [1.82, 2.24) is 14.8 Å². The second-order valence-electron chi connectivity index (χ2n) is 8.12. The average molecular weight is 375 g/mol. The molecule has 0 N–H and O–H groups in total. The van der Waals surface area contributed by atoms with E-state index in [9.17, 15) is 4.79 Å². The normalized spacial score (nSPS) is 22.5. The zero-order valence-electron chi connectivity index (χ0n) is 16.2. The third kappa shape index (κ3) is 3.10. The highest BCUT2D eigenvalue weighted by Crippen LogP contribution is 2.32. The molecule has 5 nitrogen and oxygen atoms in total. The number of piperidine rings is 1. The Bertz CT molecular complexity index is 998. The van der Waals surface area contributed by atoms with E-state index in [0.29, 0.717) is 17.5 Å². The maximum absolute atomic E-state index is 13.0. The quantitative estimate of drug-likeness (QED) is 0.697. The molecule has 2 aromatic heterocycles. The molecule has 0 aliphatic carbocycles. The fourth-order valence-corrected chi connectivity index (χ4v) is 4.77. The van der Waals surface area contributed by atoms with Gasteiger partial charge in [-0.25, -0.2) is 0 Å². The Hall–Kier alpha value is -2.66. The number of aromatic nitrogens is 1. The van der Waals surface area contributed by atoms with Crippen molar-refractivity contribution in [2.24, 2.45) is 5.92 Å². The average Bonchev–Trinajstić information content (AvgIpc) is 2.89. The first kappa shape index (κ1) is 17.4. The minimum absolute atomic E-state index is 0.103. The van der Waals surface area contributed by atoms with Gasteiger partial charge in [-0.15, -0.1) is 0 Å². The Morgan fingerprint density at radius 1 is 1.14 bits per heavy atom. The summed E-state index contributed by atoms with van der Waals surface area (Å²) in [5.74, 6) is 1.68. The van der Waals surface area contributed by atoms with Crippen LogP contribution in [0.15, 0.2) is 53.2 Å². The third-order valence-corrected chi connectivity index (χ3v) is 6.31. The van der Waals surface area contributed by atoms with Crippen LogP contribution < -0.4 is 0 Å². The van der Waals surface area contributed by atoms with Gasteiger partial charge in [-0.2, -0.15) is 0 Å². The molecule has 3 aliphatic rings. The predicted octanol–water partition coefficient (Wildman–Crippen LogP) is 3.87. The maximum atomic E-state index is 13.0. The summed E-state index contributed by atoms with van der Waals surface area (Å²) in [6, 6.07) is 12.3. The molecule has 5 heterocycles. The zero-order valence-corrected chi connectivity index (χ0v) is 16.2. The molecule has 1 aromatic carbocycles. The van der Waals surface area contributed by atoms with Crippen molar-refractivity contribution in [3.8, 4) is 0 Å². The van der Waals surface area contributed by atoms with Gasteiger partial charge in [0.05, 0.1) is 12.1 Å². The van der Waals surface area contributed by atoms with E-state index in [1.54, 1.807) is 12.4 Å². The second-order valence-corrected chi connectivity index (χ2v) is 8.12. The lowest BCUT2D eigenvalue weighted by Gasteiger charge is -2.35. The summed E-state index contributed by atoms with van der Waals surface area (Å²) in [4.78, 5) is 21.6. The van der Waals surface area contributed by atoms with Crippen LogP contribution in [0.25, 0.3) is 11.0 Å². The number of pyridine rings is 1. The second kappa shape index (κ2) is 7.06. The van der Waals surface area contributed by atoms with Gasteiger partial charge in [-0.1, -0.05) is 18.2 Å². The summed E-state index contributed by atoms with van der Waals surface area (Å²) < 4.78 is 6.16. The highest BCUT2D eigenvalue weighted by Gasteiger charge is 2.37. The number of carbonyl (C=O) groups is 1. The van der Waals surface area contributed by atoms with E-state index < -0.39 is 0 Å². The highest BCUT2D eigenvalue weighted by molar-refractivity contribution is 5.94. The van der Waals surface area contributed by atoms with Crippen LogP contribution in [-0.4, -0.2) is 46.4 Å². The molecule has 1 amide bonds. The number of aryl methyl sites for hydroxylation is 1. The lowest BCUT2D eigenvalue weighted by molar-refractivity contribution is 0.0733. The van der Waals surface area contributed by atoms with Gasteiger partial charge in [0.15, 0.2) is 0 Å². The Balaban J connectivity index is 1.36. The van der Waals surface area contributed by atoms with E-state index >= 15 is 0 Å². The summed E-state index contributed by atoms with van der Waals surface area (Å²) in [6.45, 7) is 5.60. The van der Waals surface area contributed by atoms with Crippen molar-refractivity contribution < 1.29 is 9.21 Å². The van der Waals surface area contributed by atoms with Gasteiger partial charge in [0.1, 0.15) is 11.3 Å². The topological polar surface area (TPSA) is 49.6 Å². The molecule has 0 spiro atoms. The Morgan fingerprint density at radius 3 is 2.86 bits per heavy atom. The van der Waals surface area contributed by atoms with E-state index in [4.69, 9.17) is 4.42 Å². The van der Waals surface area contributed by atoms with Crippen molar-refractivity contribution in [3.63, 3.8) is 0 Å². The van der Waals surface area contributed by atoms with Crippen LogP contribution in [0.1, 0.15) is 34.5 Å². The van der Waals surface area contributed by atoms with Crippen LogP contribution in [-0.2, 0) is 6.54 Å². The molecule has 2 atom stereocenters. The Labute approximate surface area is 165 Å². The molecule has 3 fully saturated rings. The van der Waals surface area contributed by atoms with Crippen molar-refractivity contribution in [1.29, 1.82) is 0 Å². The van der Waals surface area contributed by atoms with Gasteiger partial charge in [-0.05, 0) is 49.4 Å². The molecule has 3 aliphatic heterocycles. The summed E-state index contributed by atoms with van der Waals surface area (Å²) in [6.07, 6.45) is 5.71. The Morgan fingerprint density at radius 2 is 2.04 bits per heavy atom. The molecule has 0 unspecified atom stereocenters. The maximum Gasteiger partial charge on any atom is 0.255 e. The number of carbonyl (C=O) groups excluding carboxylic acids is 1. The van der Waals surface area contributed by atoms with Gasteiger partial charge in [0.2, 0.25) is 0 Å². The monoisotopic (exact) mass is 375 g/mol. The van der Waals surface area contributed by atoms with Crippen LogP contribution in [0.2, 0.25) is 0 Å². The number of furan rings is 1. The fourth-order valence-electron chi connectivity index (χ4n) is 4.77. The SMILES string of the molecule is Cc1c(CN2C[C@@H]3CC[C@H]2CN(C(=O)c2cccnc2)C3)oc2ccccc12. The molecule has 0 radical (unpaired) electrons. The number of hydrogen-bond donors (Lipinski definition) is 0. The number of benzene rings is 1. The molecular formula is C23H25N3O2. The summed E-state index contributed by atoms with van der Waals surface area (Å²) in [5, 5.41) is 1.20. The van der Waals surface area contributed by atoms with Crippen LogP contribution in [0.3, 0.4) is 0 Å². The standard InChI is InChI=1S/C23H25N3O2/c1-16-20-6-2-3-7-21(20)28-22(16)15-25-12-17-8-9-19(25)14-26(13-17)23(27)18-5-4-10-24-11-18/h2-7,10-11,17,19H,8-9,12-15H2,1H3/t17-,19-/m0/s1. The number of nitrogens with zero attached hydrogens (tertiary/aromatic N) is 3. The molecule has 3 aromatic rings. The van der Waals surface area contributed by atoms with Crippen molar-refractivity contribution in [2.45, 2.75) is 32.4 Å². The van der Waals surface area contributed by atoms with Crippen LogP contribution in [0, 0.1) is 12.8 Å². The fraction of sp³-hybridized carbons (Fsp3) is 0.391. The van der Waals surface area contributed by atoms with Crippen molar-refractivity contribution >= 4 is 16.9 Å². The molecular weight excluding hydrogens is 350 g/mol. The molecule has 144 valence electrons. The summed E-state index contributed by atoms with van der Waals surface area (Å²) >= 11 is 0. The van der Waals surface area contributed by atoms with Gasteiger partial charge in [0.25, 0.3) is 5.91 Å². The zero-order chi connectivity index (χ0) is 19.1. The summed E-state index contributed by atoms with van der Waals surface area (Å²) in [7, 11) is 0. The third-order valence-electron chi connectivity index (χ3n) is 6.31. The molecule has 6 rings (SSSR count). The summed E-state index contributed by atoms with van der Waals surface area (Å²) in [5.41, 5.74) is 2.88. The van der Waals surface area contributed by atoms with Gasteiger partial charge < -0.3 is 9.32 Å². The number of amides is 1. The lowest BCUT2D eigenvalue weighted by atomic mass is 9.95. The van der Waals surface area contributed by atoms with Crippen LogP contribution in [0.4, 0.5) is 0 Å². The van der Waals surface area contributed by atoms with Gasteiger partial charge >= 0.3 is 0 Å². The molecule has 3 saturated heterocycles. The van der Waals surface area contributed by atoms with E-state index in [0.717, 1.165) is 43.9 Å². The van der Waals surface area contributed by atoms with E-state index in [1.165, 1.54) is 17.4 Å². The van der Waals surface area contributed by atoms with Gasteiger partial charge in [-0.3, -0.25) is 14.7 Å². The number of hydrogen-bond acceptors (Lipinski definition) is 4. The van der Waals surface area contributed by atoms with Gasteiger partial charge in [0, 0.05) is 43.5 Å². The first-order chi connectivity index (χ1) is 13.7. The highest BCUT2D eigenvalue weighted by atomic mass is 16.3. The van der Waals surface area contributed by atoms with Crippen molar-refractivity contribution in [3.05, 3.63) is 65.7 Å². The predicted molar refractivity (Wildman–Crippen MR) is 108 cm³/mol. The lowest BCUT2D eigenvalue weighted by Crippen LogP contribution is -2.44. The van der Waals surface area contributed by atoms with Crippen LogP contribution >= 0.6 is 0 Å². The minimum atomic E-state index is 0.103. The molecule has 5 heteroatoms. The number of fused-ring (bicyclic) bond motifs is 5. The molecule has 0 saturated carbocycles. The first-order valence-electron chi connectivity index (χ1n) is 10.1. The molecule has 2 bridgehead atoms. The van der Waals surface area contributed by atoms with E-state index in [-0.39, 0.29) is 5.91 Å². The minimum Gasteiger partial charge on any atom is -0.459 e. The number of para-hydroxylation sites is 1. The molecule has 28 heavy (non-hydrogen) atoms. The Kier molecular flexibility index (Phi) is 4.40. The van der Waals surface area contributed by atoms with Crippen LogP contribution in [0.5, 0.6) is 0 Å². The number of rotatable bonds is 3.